The topological polar surface area (TPSA) is 41.1 Å². The Morgan fingerprint density at radius 2 is 1.70 bits per heavy atom. The molecule has 0 aromatic heterocycles. The average molecular weight is 301 g/mol. The van der Waals surface area contributed by atoms with Gasteiger partial charge in [-0.15, -0.1) is 12.4 Å². The minimum absolute atomic E-state index is 0. The van der Waals surface area contributed by atoms with Crippen LogP contribution in [0, 0.1) is 23.2 Å². The third-order valence-corrected chi connectivity index (χ3v) is 5.63. The second-order valence-corrected chi connectivity index (χ2v) is 7.49. The number of halogens is 1. The van der Waals surface area contributed by atoms with Gasteiger partial charge < -0.3 is 10.6 Å². The van der Waals surface area contributed by atoms with Crippen molar-refractivity contribution in [2.75, 3.05) is 13.1 Å². The fourth-order valence-corrected chi connectivity index (χ4v) is 4.56. The van der Waals surface area contributed by atoms with Crippen LogP contribution in [0.25, 0.3) is 0 Å². The van der Waals surface area contributed by atoms with E-state index in [2.05, 4.69) is 24.5 Å². The summed E-state index contributed by atoms with van der Waals surface area (Å²) in [6.45, 7) is 6.84. The average Bonchev–Trinajstić information content (AvgIpc) is 3.02. The minimum Gasteiger partial charge on any atom is -0.353 e. The van der Waals surface area contributed by atoms with E-state index in [0.717, 1.165) is 31.3 Å². The van der Waals surface area contributed by atoms with Crippen LogP contribution in [0.2, 0.25) is 0 Å². The van der Waals surface area contributed by atoms with E-state index in [-0.39, 0.29) is 12.4 Å². The smallest absolute Gasteiger partial charge is 0.223 e. The second kappa shape index (κ2) is 6.23. The van der Waals surface area contributed by atoms with Crippen molar-refractivity contribution in [3.05, 3.63) is 0 Å². The monoisotopic (exact) mass is 300 g/mol. The van der Waals surface area contributed by atoms with Crippen molar-refractivity contribution >= 4 is 18.3 Å². The van der Waals surface area contributed by atoms with Gasteiger partial charge >= 0.3 is 0 Å². The number of nitrogens with one attached hydrogen (secondary N) is 2. The summed E-state index contributed by atoms with van der Waals surface area (Å²) in [7, 11) is 0. The lowest BCUT2D eigenvalue weighted by Gasteiger charge is -2.32. The van der Waals surface area contributed by atoms with Crippen LogP contribution in [0.1, 0.15) is 52.4 Å². The molecule has 1 saturated heterocycles. The molecule has 2 aliphatic carbocycles. The van der Waals surface area contributed by atoms with Crippen molar-refractivity contribution in [2.45, 2.75) is 58.4 Å². The van der Waals surface area contributed by atoms with Gasteiger partial charge in [0, 0.05) is 12.0 Å². The van der Waals surface area contributed by atoms with E-state index < -0.39 is 0 Å². The minimum atomic E-state index is 0. The van der Waals surface area contributed by atoms with Crippen LogP contribution in [-0.2, 0) is 4.79 Å². The van der Waals surface area contributed by atoms with Crippen molar-refractivity contribution in [1.82, 2.24) is 10.6 Å². The molecule has 3 nitrogen and oxygen atoms in total. The van der Waals surface area contributed by atoms with Crippen LogP contribution in [0.5, 0.6) is 0 Å². The molecular weight excluding hydrogens is 272 g/mol. The standard InChI is InChI=1S/C16H28N2O.ClH/c1-11-7-12(2)9-13(8-11)18-15(19)14-10-16(14)3-5-17-6-4-16;/h11-14,17H,3-10H2,1-2H3,(H,18,19);1H. The molecule has 1 spiro atoms. The van der Waals surface area contributed by atoms with E-state index in [1.165, 1.54) is 32.1 Å². The third-order valence-electron chi connectivity index (χ3n) is 5.63. The van der Waals surface area contributed by atoms with Crippen molar-refractivity contribution in [1.29, 1.82) is 0 Å². The van der Waals surface area contributed by atoms with Gasteiger partial charge in [-0.1, -0.05) is 13.8 Å². The Morgan fingerprint density at radius 1 is 1.10 bits per heavy atom. The van der Waals surface area contributed by atoms with Crippen LogP contribution >= 0.6 is 12.4 Å². The zero-order valence-corrected chi connectivity index (χ0v) is 13.6. The van der Waals surface area contributed by atoms with Gasteiger partial charge in [0.15, 0.2) is 0 Å². The number of rotatable bonds is 2. The van der Waals surface area contributed by atoms with Crippen molar-refractivity contribution < 1.29 is 4.79 Å². The first-order valence-electron chi connectivity index (χ1n) is 8.10. The van der Waals surface area contributed by atoms with Gasteiger partial charge in [-0.2, -0.15) is 0 Å². The first-order valence-corrected chi connectivity index (χ1v) is 8.10. The van der Waals surface area contributed by atoms with Gasteiger partial charge in [0.2, 0.25) is 5.91 Å². The first kappa shape index (κ1) is 16.1. The van der Waals surface area contributed by atoms with Crippen LogP contribution in [0.4, 0.5) is 0 Å². The Hall–Kier alpha value is -0.280. The zero-order chi connectivity index (χ0) is 13.5. The van der Waals surface area contributed by atoms with Gasteiger partial charge in [-0.05, 0) is 68.9 Å². The van der Waals surface area contributed by atoms with Gasteiger partial charge in [-0.25, -0.2) is 0 Å². The molecule has 0 aromatic carbocycles. The predicted molar refractivity (Wildman–Crippen MR) is 84.0 cm³/mol. The van der Waals surface area contributed by atoms with E-state index in [1.54, 1.807) is 0 Å². The summed E-state index contributed by atoms with van der Waals surface area (Å²) in [4.78, 5) is 12.4. The Morgan fingerprint density at radius 3 is 2.30 bits per heavy atom. The Bertz CT molecular complexity index is 344. The third kappa shape index (κ3) is 3.30. The summed E-state index contributed by atoms with van der Waals surface area (Å²) in [5.41, 5.74) is 0.376. The largest absolute Gasteiger partial charge is 0.353 e. The highest BCUT2D eigenvalue weighted by Gasteiger charge is 2.57. The van der Waals surface area contributed by atoms with E-state index in [1.807, 2.05) is 0 Å². The highest BCUT2D eigenvalue weighted by molar-refractivity contribution is 5.85. The lowest BCUT2D eigenvalue weighted by molar-refractivity contribution is -0.124. The number of amides is 1. The Kier molecular flexibility index (Phi) is 5.01. The van der Waals surface area contributed by atoms with E-state index in [9.17, 15) is 4.79 Å². The number of carbonyl (C=O) groups is 1. The fourth-order valence-electron chi connectivity index (χ4n) is 4.56. The molecule has 3 rings (SSSR count). The maximum Gasteiger partial charge on any atom is 0.223 e. The summed E-state index contributed by atoms with van der Waals surface area (Å²) in [5, 5.41) is 6.75. The molecule has 3 aliphatic rings. The van der Waals surface area contributed by atoms with Gasteiger partial charge in [-0.3, -0.25) is 4.79 Å². The molecular formula is C16H29ClN2O. The fraction of sp³-hybridized carbons (Fsp3) is 0.938. The summed E-state index contributed by atoms with van der Waals surface area (Å²) < 4.78 is 0. The lowest BCUT2D eigenvalue weighted by atomic mass is 9.80. The summed E-state index contributed by atoms with van der Waals surface area (Å²) in [5.74, 6) is 2.21. The van der Waals surface area contributed by atoms with Crippen molar-refractivity contribution in [3.63, 3.8) is 0 Å². The molecule has 2 saturated carbocycles. The van der Waals surface area contributed by atoms with Crippen molar-refractivity contribution in [3.8, 4) is 0 Å². The number of hydrogen-bond donors (Lipinski definition) is 2. The molecule has 0 radical (unpaired) electrons. The highest BCUT2D eigenvalue weighted by atomic mass is 35.5. The summed E-state index contributed by atoms with van der Waals surface area (Å²) in [6.07, 6.45) is 7.21. The maximum atomic E-state index is 12.4. The molecule has 0 aromatic rings. The van der Waals surface area contributed by atoms with E-state index in [0.29, 0.717) is 23.3 Å². The molecule has 1 heterocycles. The maximum absolute atomic E-state index is 12.4. The Labute approximate surface area is 129 Å². The zero-order valence-electron chi connectivity index (χ0n) is 12.8. The SMILES string of the molecule is CC1CC(C)CC(NC(=O)C2CC23CCNCC3)C1.Cl. The van der Waals surface area contributed by atoms with Crippen LogP contribution in [0.3, 0.4) is 0 Å². The quantitative estimate of drug-likeness (QED) is 0.823. The second-order valence-electron chi connectivity index (χ2n) is 7.49. The number of carbonyl (C=O) groups excluding carboxylic acids is 1. The normalized spacial score (nSPS) is 38.9. The molecule has 116 valence electrons. The molecule has 1 aliphatic heterocycles. The number of hydrogen-bond acceptors (Lipinski definition) is 2. The molecule has 3 fully saturated rings. The van der Waals surface area contributed by atoms with Gasteiger partial charge in [0.25, 0.3) is 0 Å². The molecule has 3 unspecified atom stereocenters. The highest BCUT2D eigenvalue weighted by Crippen LogP contribution is 2.58. The first-order chi connectivity index (χ1) is 9.09. The van der Waals surface area contributed by atoms with E-state index in [4.69, 9.17) is 0 Å². The van der Waals surface area contributed by atoms with Crippen LogP contribution < -0.4 is 10.6 Å². The van der Waals surface area contributed by atoms with Gasteiger partial charge in [0.05, 0.1) is 0 Å². The van der Waals surface area contributed by atoms with Crippen molar-refractivity contribution in [2.24, 2.45) is 23.2 Å². The summed E-state index contributed by atoms with van der Waals surface area (Å²) in [6, 6.07) is 0.436. The predicted octanol–water partition coefficient (Wildman–Crippen LogP) is 2.74. The van der Waals surface area contributed by atoms with Gasteiger partial charge in [0.1, 0.15) is 0 Å². The Balaban J connectivity index is 0.00000147. The molecule has 1 amide bonds. The van der Waals surface area contributed by atoms with Crippen LogP contribution in [-0.4, -0.2) is 25.0 Å². The molecule has 3 atom stereocenters. The lowest BCUT2D eigenvalue weighted by Crippen LogP contribution is -2.42. The number of piperidine rings is 1. The van der Waals surface area contributed by atoms with E-state index >= 15 is 0 Å². The summed E-state index contributed by atoms with van der Waals surface area (Å²) >= 11 is 0. The molecule has 20 heavy (non-hydrogen) atoms. The molecule has 0 bridgehead atoms. The van der Waals surface area contributed by atoms with Crippen LogP contribution in [0.15, 0.2) is 0 Å². The molecule has 2 N–H and O–H groups in total. The molecule has 4 heteroatoms.